The van der Waals surface area contributed by atoms with Gasteiger partial charge in [-0.05, 0) is 43.5 Å². The maximum absolute atomic E-state index is 12.8. The molecule has 0 saturated heterocycles. The summed E-state index contributed by atoms with van der Waals surface area (Å²) in [5.74, 6) is 2.42. The van der Waals surface area contributed by atoms with Crippen LogP contribution in [0.5, 0.6) is 11.5 Å². The predicted octanol–water partition coefficient (Wildman–Crippen LogP) is 3.51. The van der Waals surface area contributed by atoms with E-state index in [0.717, 1.165) is 34.9 Å². The Kier molecular flexibility index (Phi) is 6.31. The number of carbonyl (C=O) groups excluding carboxylic acids is 1. The van der Waals surface area contributed by atoms with Gasteiger partial charge in [0.05, 0.1) is 25.0 Å². The molecule has 0 spiro atoms. The Labute approximate surface area is 185 Å². The summed E-state index contributed by atoms with van der Waals surface area (Å²) in [7, 11) is 0. The molecule has 1 atom stereocenters. The van der Waals surface area contributed by atoms with Crippen LogP contribution in [0, 0.1) is 19.8 Å². The molecule has 164 valence electrons. The summed E-state index contributed by atoms with van der Waals surface area (Å²) in [4.78, 5) is 17.2. The molecule has 9 heteroatoms. The molecule has 0 saturated carbocycles. The minimum Gasteiger partial charge on any atom is -0.490 e. The number of nitrogens with one attached hydrogen (secondary N) is 1. The number of aryl methyl sites for hydroxylation is 2. The first kappa shape index (κ1) is 21.4. The van der Waals surface area contributed by atoms with E-state index in [0.29, 0.717) is 24.1 Å². The van der Waals surface area contributed by atoms with E-state index in [1.54, 1.807) is 0 Å². The molecule has 1 N–H and O–H groups in total. The van der Waals surface area contributed by atoms with Crippen molar-refractivity contribution in [3.8, 4) is 11.5 Å². The van der Waals surface area contributed by atoms with Crippen LogP contribution in [0.1, 0.15) is 43.3 Å². The minimum absolute atomic E-state index is 0.0646. The Morgan fingerprint density at radius 3 is 2.71 bits per heavy atom. The third-order valence-electron chi connectivity index (χ3n) is 5.11. The van der Waals surface area contributed by atoms with E-state index in [2.05, 4.69) is 34.3 Å². The number of aromatic nitrogens is 4. The van der Waals surface area contributed by atoms with Crippen molar-refractivity contribution in [1.82, 2.24) is 24.9 Å². The highest BCUT2D eigenvalue weighted by Crippen LogP contribution is 2.34. The highest BCUT2D eigenvalue weighted by atomic mass is 32.2. The van der Waals surface area contributed by atoms with Crippen molar-refractivity contribution >= 4 is 23.4 Å². The summed E-state index contributed by atoms with van der Waals surface area (Å²) in [6.45, 7) is 9.36. The van der Waals surface area contributed by atoms with Crippen molar-refractivity contribution in [3.05, 3.63) is 41.2 Å². The molecule has 1 amide bonds. The number of nitrogens with zero attached hydrogens (tertiary/aromatic N) is 4. The molecule has 8 nitrogen and oxygen atoms in total. The summed E-state index contributed by atoms with van der Waals surface area (Å²) < 4.78 is 13.4. The highest BCUT2D eigenvalue weighted by molar-refractivity contribution is 7.99. The lowest BCUT2D eigenvalue weighted by molar-refractivity contribution is -0.119. The van der Waals surface area contributed by atoms with Crippen LogP contribution in [0.2, 0.25) is 0 Å². The summed E-state index contributed by atoms with van der Waals surface area (Å²) in [6.07, 6.45) is 0.859. The van der Waals surface area contributed by atoms with Crippen molar-refractivity contribution in [2.45, 2.75) is 45.3 Å². The van der Waals surface area contributed by atoms with Crippen molar-refractivity contribution in [2.75, 3.05) is 19.0 Å². The summed E-state index contributed by atoms with van der Waals surface area (Å²) in [6, 6.07) is 7.73. The van der Waals surface area contributed by atoms with E-state index in [4.69, 9.17) is 9.47 Å². The lowest BCUT2D eigenvalue weighted by atomic mass is 9.95. The molecule has 31 heavy (non-hydrogen) atoms. The number of hydrogen-bond donors (Lipinski definition) is 1. The fraction of sp³-hybridized carbons (Fsp3) is 0.455. The summed E-state index contributed by atoms with van der Waals surface area (Å²) in [5.41, 5.74) is 2.88. The van der Waals surface area contributed by atoms with Crippen molar-refractivity contribution in [3.63, 3.8) is 0 Å². The van der Waals surface area contributed by atoms with Gasteiger partial charge in [-0.1, -0.05) is 31.7 Å². The number of amides is 1. The average molecular weight is 442 g/mol. The maximum Gasteiger partial charge on any atom is 0.256 e. The van der Waals surface area contributed by atoms with Crippen molar-refractivity contribution in [2.24, 2.45) is 5.92 Å². The Bertz CT molecular complexity index is 1100. The van der Waals surface area contributed by atoms with Gasteiger partial charge in [0.1, 0.15) is 0 Å². The van der Waals surface area contributed by atoms with Crippen LogP contribution in [0.4, 0.5) is 0 Å². The second-order valence-electron chi connectivity index (χ2n) is 7.99. The third kappa shape index (κ3) is 4.76. The lowest BCUT2D eigenvalue weighted by Crippen LogP contribution is -2.33. The quantitative estimate of drug-likeness (QED) is 0.586. The van der Waals surface area contributed by atoms with Crippen LogP contribution in [0.3, 0.4) is 0 Å². The van der Waals surface area contributed by atoms with Crippen LogP contribution in [0.25, 0.3) is 5.78 Å². The normalized spacial score (nSPS) is 14.5. The molecule has 1 aliphatic heterocycles. The van der Waals surface area contributed by atoms with Crippen molar-refractivity contribution < 1.29 is 14.3 Å². The van der Waals surface area contributed by atoms with Gasteiger partial charge in [0, 0.05) is 17.8 Å². The zero-order chi connectivity index (χ0) is 22.0. The van der Waals surface area contributed by atoms with Gasteiger partial charge >= 0.3 is 0 Å². The van der Waals surface area contributed by atoms with Crippen LogP contribution < -0.4 is 14.8 Å². The molecule has 0 aliphatic carbocycles. The molecule has 3 heterocycles. The van der Waals surface area contributed by atoms with Crippen LogP contribution in [-0.2, 0) is 4.79 Å². The first-order valence-electron chi connectivity index (χ1n) is 10.4. The van der Waals surface area contributed by atoms with Gasteiger partial charge in [0.25, 0.3) is 5.78 Å². The molecule has 0 radical (unpaired) electrons. The minimum atomic E-state index is -0.133. The van der Waals surface area contributed by atoms with E-state index < -0.39 is 0 Å². The molecular weight excluding hydrogens is 414 g/mol. The van der Waals surface area contributed by atoms with Gasteiger partial charge in [-0.3, -0.25) is 9.20 Å². The van der Waals surface area contributed by atoms with Crippen molar-refractivity contribution in [1.29, 1.82) is 0 Å². The largest absolute Gasteiger partial charge is 0.490 e. The molecular formula is C22H27N5O3S. The number of carbonyl (C=O) groups is 1. The molecule has 4 rings (SSSR count). The Balaban J connectivity index is 1.46. The second kappa shape index (κ2) is 9.13. The Morgan fingerprint density at radius 2 is 1.94 bits per heavy atom. The van der Waals surface area contributed by atoms with Gasteiger partial charge < -0.3 is 14.8 Å². The molecule has 0 fully saturated rings. The number of thioether (sulfide) groups is 1. The average Bonchev–Trinajstić information content (AvgIpc) is 2.98. The smallest absolute Gasteiger partial charge is 0.256 e. The van der Waals surface area contributed by atoms with Gasteiger partial charge in [0.2, 0.25) is 5.91 Å². The predicted molar refractivity (Wildman–Crippen MR) is 119 cm³/mol. The Hall–Kier alpha value is -2.81. The molecule has 0 unspecified atom stereocenters. The summed E-state index contributed by atoms with van der Waals surface area (Å²) >= 11 is 1.35. The fourth-order valence-corrected chi connectivity index (χ4v) is 4.44. The second-order valence-corrected chi connectivity index (χ2v) is 8.93. The first-order valence-corrected chi connectivity index (χ1v) is 11.4. The fourth-order valence-electron chi connectivity index (χ4n) is 3.65. The van der Waals surface area contributed by atoms with E-state index in [9.17, 15) is 4.79 Å². The molecule has 2 aromatic heterocycles. The van der Waals surface area contributed by atoms with Gasteiger partial charge in [-0.25, -0.2) is 4.98 Å². The number of ether oxygens (including phenoxy) is 2. The zero-order valence-electron chi connectivity index (χ0n) is 18.2. The topological polar surface area (TPSA) is 90.6 Å². The van der Waals surface area contributed by atoms with Gasteiger partial charge in [0.15, 0.2) is 16.7 Å². The molecule has 1 aliphatic rings. The molecule has 0 bridgehead atoms. The third-order valence-corrected chi connectivity index (χ3v) is 6.04. The number of hydrogen-bond acceptors (Lipinski definition) is 7. The summed E-state index contributed by atoms with van der Waals surface area (Å²) in [5, 5.41) is 12.1. The highest BCUT2D eigenvalue weighted by Gasteiger charge is 2.22. The Morgan fingerprint density at radius 1 is 1.16 bits per heavy atom. The van der Waals surface area contributed by atoms with E-state index in [1.807, 2.05) is 42.5 Å². The monoisotopic (exact) mass is 441 g/mol. The van der Waals surface area contributed by atoms with E-state index in [-0.39, 0.29) is 23.6 Å². The van der Waals surface area contributed by atoms with Crippen LogP contribution in [0.15, 0.2) is 29.4 Å². The number of benzene rings is 1. The van der Waals surface area contributed by atoms with Crippen LogP contribution in [-0.4, -0.2) is 44.5 Å². The number of rotatable bonds is 6. The molecule has 3 aromatic rings. The zero-order valence-corrected chi connectivity index (χ0v) is 19.0. The standard InChI is InChI=1S/C22H27N5O3S/c1-13(2)20(16-6-7-17-18(11-16)30-9-5-8-29-17)24-19(28)12-31-22-26-25-21-23-14(3)10-15(4)27(21)22/h6-7,10-11,13,20H,5,8-9,12H2,1-4H3,(H,24,28)/t20-/m0/s1. The maximum atomic E-state index is 12.8. The van der Waals surface area contributed by atoms with E-state index >= 15 is 0 Å². The molecule has 1 aromatic carbocycles. The SMILES string of the molecule is Cc1cc(C)n2c(SCC(=O)N[C@H](c3ccc4c(c3)OCCCO4)C(C)C)nnc2n1. The van der Waals surface area contributed by atoms with E-state index in [1.165, 1.54) is 11.8 Å². The van der Waals surface area contributed by atoms with Gasteiger partial charge in [-0.15, -0.1) is 10.2 Å². The lowest BCUT2D eigenvalue weighted by Gasteiger charge is -2.23. The number of fused-ring (bicyclic) bond motifs is 2. The van der Waals surface area contributed by atoms with Gasteiger partial charge in [-0.2, -0.15) is 0 Å². The first-order chi connectivity index (χ1) is 14.9. The van der Waals surface area contributed by atoms with Crippen LogP contribution >= 0.6 is 11.8 Å².